The van der Waals surface area contributed by atoms with Crippen LogP contribution in [-0.4, -0.2) is 23.7 Å². The number of hydrogen-bond donors (Lipinski definition) is 2. The summed E-state index contributed by atoms with van der Waals surface area (Å²) in [6.07, 6.45) is 6.43. The lowest BCUT2D eigenvalue weighted by Gasteiger charge is -2.32. The molecule has 1 aliphatic rings. The number of nitrogens with one attached hydrogen (secondary N) is 2. The van der Waals surface area contributed by atoms with Gasteiger partial charge in [0, 0.05) is 16.2 Å². The summed E-state index contributed by atoms with van der Waals surface area (Å²) in [6.45, 7) is 0. The van der Waals surface area contributed by atoms with Gasteiger partial charge in [-0.3, -0.25) is 0 Å². The molecule has 0 unspecified atom stereocenters. The van der Waals surface area contributed by atoms with E-state index in [9.17, 15) is 4.79 Å². The van der Waals surface area contributed by atoms with Crippen molar-refractivity contribution >= 4 is 40.6 Å². The zero-order chi connectivity index (χ0) is 20.0. The van der Waals surface area contributed by atoms with Crippen LogP contribution in [0.15, 0.2) is 48.5 Å². The van der Waals surface area contributed by atoms with E-state index in [0.29, 0.717) is 10.7 Å². The number of benzene rings is 2. The van der Waals surface area contributed by atoms with Crippen molar-refractivity contribution in [2.24, 2.45) is 0 Å². The molecule has 1 fully saturated rings. The maximum atomic E-state index is 11.7. The molecule has 2 aromatic carbocycles. The zero-order valence-electron chi connectivity index (χ0n) is 16.0. The zero-order valence-corrected chi connectivity index (χ0v) is 17.5. The summed E-state index contributed by atoms with van der Waals surface area (Å²) in [7, 11) is 1.37. The van der Waals surface area contributed by atoms with E-state index in [4.69, 9.17) is 28.6 Å². The molecule has 0 aliphatic heterocycles. The Morgan fingerprint density at radius 1 is 1.18 bits per heavy atom. The monoisotopic (exact) mass is 416 g/mol. The molecule has 1 aliphatic carbocycles. The number of ether oxygens (including phenoxy) is 1. The largest absolute Gasteiger partial charge is 0.465 e. The summed E-state index contributed by atoms with van der Waals surface area (Å²) in [5, 5.41) is 8.15. The standard InChI is InChI=1S/C22H25ClN2O2S/c1-27-20(26)17-8-6-9-18(15-17)24-21(28)25-22(12-4-5-13-22)14-11-16-7-2-3-10-19(16)23/h2-3,6-10,15H,4-5,11-14H2,1H3,(H2,24,25,28). The highest BCUT2D eigenvalue weighted by molar-refractivity contribution is 7.80. The molecule has 1 saturated carbocycles. The first kappa shape index (κ1) is 20.6. The quantitative estimate of drug-likeness (QED) is 0.490. The van der Waals surface area contributed by atoms with E-state index in [0.717, 1.165) is 36.4 Å². The third-order valence-electron chi connectivity index (χ3n) is 5.31. The summed E-state index contributed by atoms with van der Waals surface area (Å²) < 4.78 is 4.78. The van der Waals surface area contributed by atoms with Crippen molar-refractivity contribution in [3.63, 3.8) is 0 Å². The van der Waals surface area contributed by atoms with Gasteiger partial charge in [-0.15, -0.1) is 0 Å². The lowest BCUT2D eigenvalue weighted by atomic mass is 9.89. The number of anilines is 1. The van der Waals surface area contributed by atoms with Crippen LogP contribution in [0.25, 0.3) is 0 Å². The third kappa shape index (κ3) is 5.24. The molecule has 2 N–H and O–H groups in total. The number of carbonyl (C=O) groups excluding carboxylic acids is 1. The Morgan fingerprint density at radius 2 is 1.93 bits per heavy atom. The Hall–Kier alpha value is -2.11. The van der Waals surface area contributed by atoms with E-state index in [-0.39, 0.29) is 11.5 Å². The molecule has 0 radical (unpaired) electrons. The summed E-state index contributed by atoms with van der Waals surface area (Å²) in [5.41, 5.74) is 2.40. The van der Waals surface area contributed by atoms with E-state index in [1.54, 1.807) is 18.2 Å². The normalized spacial score (nSPS) is 15.1. The van der Waals surface area contributed by atoms with Crippen molar-refractivity contribution in [1.29, 1.82) is 0 Å². The van der Waals surface area contributed by atoms with Crippen LogP contribution >= 0.6 is 23.8 Å². The van der Waals surface area contributed by atoms with Crippen molar-refractivity contribution in [3.8, 4) is 0 Å². The van der Waals surface area contributed by atoms with Crippen molar-refractivity contribution in [2.75, 3.05) is 12.4 Å². The van der Waals surface area contributed by atoms with Gasteiger partial charge in [-0.1, -0.05) is 48.7 Å². The molecule has 148 valence electrons. The number of halogens is 1. The molecule has 28 heavy (non-hydrogen) atoms. The van der Waals surface area contributed by atoms with E-state index in [1.807, 2.05) is 24.3 Å². The van der Waals surface area contributed by atoms with Gasteiger partial charge in [0.2, 0.25) is 0 Å². The maximum Gasteiger partial charge on any atom is 0.337 e. The van der Waals surface area contributed by atoms with E-state index in [1.165, 1.54) is 25.5 Å². The Kier molecular flexibility index (Phi) is 6.92. The molecule has 2 aromatic rings. The first-order valence-corrected chi connectivity index (χ1v) is 10.3. The minimum absolute atomic E-state index is 0.0246. The Morgan fingerprint density at radius 3 is 2.64 bits per heavy atom. The number of esters is 1. The first-order chi connectivity index (χ1) is 13.5. The van der Waals surface area contributed by atoms with Gasteiger partial charge in [-0.2, -0.15) is 0 Å². The number of aryl methyl sites for hydroxylation is 1. The van der Waals surface area contributed by atoms with Gasteiger partial charge in [-0.25, -0.2) is 4.79 Å². The topological polar surface area (TPSA) is 50.4 Å². The molecular formula is C22H25ClN2O2S. The number of thiocarbonyl (C=S) groups is 1. The average Bonchev–Trinajstić information content (AvgIpc) is 3.15. The third-order valence-corrected chi connectivity index (χ3v) is 5.88. The lowest BCUT2D eigenvalue weighted by molar-refractivity contribution is 0.0601. The van der Waals surface area contributed by atoms with Crippen LogP contribution in [0.1, 0.15) is 48.0 Å². The lowest BCUT2D eigenvalue weighted by Crippen LogP contribution is -2.48. The summed E-state index contributed by atoms with van der Waals surface area (Å²) in [4.78, 5) is 11.7. The highest BCUT2D eigenvalue weighted by atomic mass is 35.5. The molecule has 0 saturated heterocycles. The second kappa shape index (κ2) is 9.39. The van der Waals surface area contributed by atoms with Crippen LogP contribution in [0, 0.1) is 0 Å². The molecule has 0 heterocycles. The molecule has 0 aromatic heterocycles. The fourth-order valence-electron chi connectivity index (χ4n) is 3.81. The highest BCUT2D eigenvalue weighted by Gasteiger charge is 2.34. The smallest absolute Gasteiger partial charge is 0.337 e. The van der Waals surface area contributed by atoms with Crippen LogP contribution in [-0.2, 0) is 11.2 Å². The van der Waals surface area contributed by atoms with E-state index >= 15 is 0 Å². The molecule has 0 atom stereocenters. The number of hydrogen-bond acceptors (Lipinski definition) is 3. The summed E-state index contributed by atoms with van der Waals surface area (Å²) >= 11 is 11.9. The van der Waals surface area contributed by atoms with Crippen LogP contribution in [0.3, 0.4) is 0 Å². The molecule has 4 nitrogen and oxygen atoms in total. The number of rotatable bonds is 6. The van der Waals surface area contributed by atoms with E-state index < -0.39 is 0 Å². The Balaban J connectivity index is 1.64. The maximum absolute atomic E-state index is 11.7. The van der Waals surface area contributed by atoms with Gasteiger partial charge in [0.05, 0.1) is 12.7 Å². The molecule has 3 rings (SSSR count). The van der Waals surface area contributed by atoms with Crippen LogP contribution in [0.2, 0.25) is 5.02 Å². The molecule has 0 spiro atoms. The van der Waals surface area contributed by atoms with Gasteiger partial charge in [0.15, 0.2) is 5.11 Å². The highest BCUT2D eigenvalue weighted by Crippen LogP contribution is 2.34. The van der Waals surface area contributed by atoms with Gasteiger partial charge in [0.1, 0.15) is 0 Å². The SMILES string of the molecule is COC(=O)c1cccc(NC(=S)NC2(CCc3ccccc3Cl)CCCC2)c1. The van der Waals surface area contributed by atoms with Gasteiger partial charge in [0.25, 0.3) is 0 Å². The molecule has 6 heteroatoms. The molecule has 0 bridgehead atoms. The van der Waals surface area contributed by atoms with Gasteiger partial charge < -0.3 is 15.4 Å². The predicted molar refractivity (Wildman–Crippen MR) is 118 cm³/mol. The Bertz CT molecular complexity index is 850. The van der Waals surface area contributed by atoms with Gasteiger partial charge >= 0.3 is 5.97 Å². The first-order valence-electron chi connectivity index (χ1n) is 9.52. The van der Waals surface area contributed by atoms with Crippen molar-refractivity contribution < 1.29 is 9.53 Å². The average molecular weight is 417 g/mol. The number of carbonyl (C=O) groups is 1. The molecular weight excluding hydrogens is 392 g/mol. The second-order valence-corrected chi connectivity index (χ2v) is 8.05. The Labute approximate surface area is 176 Å². The van der Waals surface area contributed by atoms with Gasteiger partial charge in [-0.05, 0) is 67.7 Å². The van der Waals surface area contributed by atoms with Crippen LogP contribution in [0.5, 0.6) is 0 Å². The van der Waals surface area contributed by atoms with Crippen LogP contribution in [0.4, 0.5) is 5.69 Å². The van der Waals surface area contributed by atoms with E-state index in [2.05, 4.69) is 16.7 Å². The summed E-state index contributed by atoms with van der Waals surface area (Å²) in [5.74, 6) is -0.366. The minimum atomic E-state index is -0.366. The number of methoxy groups -OCH3 is 1. The molecule has 0 amide bonds. The van der Waals surface area contributed by atoms with Crippen molar-refractivity contribution in [2.45, 2.75) is 44.1 Å². The van der Waals surface area contributed by atoms with Crippen LogP contribution < -0.4 is 10.6 Å². The van der Waals surface area contributed by atoms with Crippen molar-refractivity contribution in [1.82, 2.24) is 5.32 Å². The second-order valence-electron chi connectivity index (χ2n) is 7.23. The minimum Gasteiger partial charge on any atom is -0.465 e. The van der Waals surface area contributed by atoms with Crippen molar-refractivity contribution in [3.05, 3.63) is 64.7 Å². The fraction of sp³-hybridized carbons (Fsp3) is 0.364. The summed E-state index contributed by atoms with van der Waals surface area (Å²) in [6, 6.07) is 15.1. The predicted octanol–water partition coefficient (Wildman–Crippen LogP) is 5.36. The fourth-order valence-corrected chi connectivity index (χ4v) is 4.37.